The maximum absolute atomic E-state index is 13.6. The van der Waals surface area contributed by atoms with E-state index in [1.807, 2.05) is 0 Å². The Morgan fingerprint density at radius 3 is 3.13 bits per heavy atom. The predicted molar refractivity (Wildman–Crippen MR) is 57.4 cm³/mol. The zero-order valence-electron chi connectivity index (χ0n) is 7.96. The Bertz CT molecular complexity index is 373. The minimum atomic E-state index is -0.401. The number of halogens is 2. The summed E-state index contributed by atoms with van der Waals surface area (Å²) >= 11 is 3.22. The molecule has 0 aliphatic carbocycles. The van der Waals surface area contributed by atoms with Crippen LogP contribution in [0.1, 0.15) is 11.6 Å². The van der Waals surface area contributed by atoms with Crippen LogP contribution in [0.25, 0.3) is 0 Å². The molecule has 2 N–H and O–H groups in total. The third kappa shape index (κ3) is 2.14. The monoisotopic (exact) mass is 275 g/mol. The van der Waals surface area contributed by atoms with Gasteiger partial charge >= 0.3 is 0 Å². The SMILES string of the molecule is OCC1NCCOc2c(F)cc(Br)cc21. The fraction of sp³-hybridized carbons (Fsp3) is 0.400. The summed E-state index contributed by atoms with van der Waals surface area (Å²) < 4.78 is 19.5. The van der Waals surface area contributed by atoms with Crippen LogP contribution in [0.4, 0.5) is 4.39 Å². The number of aliphatic hydroxyl groups excluding tert-OH is 1. The molecule has 1 aromatic carbocycles. The molecular formula is C10H11BrFNO2. The normalized spacial score (nSPS) is 20.3. The lowest BCUT2D eigenvalue weighted by Crippen LogP contribution is -2.25. The molecule has 1 atom stereocenters. The summed E-state index contributed by atoms with van der Waals surface area (Å²) in [6.07, 6.45) is 0. The highest BCUT2D eigenvalue weighted by Gasteiger charge is 2.22. The Labute approximate surface area is 95.4 Å². The molecule has 0 saturated carbocycles. The van der Waals surface area contributed by atoms with Gasteiger partial charge in [-0.05, 0) is 12.1 Å². The van der Waals surface area contributed by atoms with Crippen molar-refractivity contribution >= 4 is 15.9 Å². The van der Waals surface area contributed by atoms with Gasteiger partial charge < -0.3 is 15.2 Å². The first-order chi connectivity index (χ1) is 7.22. The highest BCUT2D eigenvalue weighted by atomic mass is 79.9. The van der Waals surface area contributed by atoms with Crippen molar-refractivity contribution < 1.29 is 14.2 Å². The van der Waals surface area contributed by atoms with Crippen LogP contribution in [-0.2, 0) is 0 Å². The molecular weight excluding hydrogens is 265 g/mol. The van der Waals surface area contributed by atoms with E-state index in [2.05, 4.69) is 21.2 Å². The number of hydrogen-bond acceptors (Lipinski definition) is 3. The van der Waals surface area contributed by atoms with E-state index in [0.717, 1.165) is 0 Å². The third-order valence-electron chi connectivity index (χ3n) is 2.33. The number of hydrogen-bond donors (Lipinski definition) is 2. The van der Waals surface area contributed by atoms with E-state index in [-0.39, 0.29) is 18.4 Å². The second-order valence-corrected chi connectivity index (χ2v) is 4.26. The summed E-state index contributed by atoms with van der Waals surface area (Å²) in [4.78, 5) is 0. The predicted octanol–water partition coefficient (Wildman–Crippen LogP) is 1.60. The lowest BCUT2D eigenvalue weighted by atomic mass is 10.1. The van der Waals surface area contributed by atoms with Crippen LogP contribution in [0.15, 0.2) is 16.6 Å². The van der Waals surface area contributed by atoms with Gasteiger partial charge in [-0.25, -0.2) is 4.39 Å². The lowest BCUT2D eigenvalue weighted by molar-refractivity contribution is 0.245. The summed E-state index contributed by atoms with van der Waals surface area (Å²) in [5, 5.41) is 12.3. The van der Waals surface area contributed by atoms with Gasteiger partial charge in [-0.2, -0.15) is 0 Å². The zero-order valence-corrected chi connectivity index (χ0v) is 9.55. The number of benzene rings is 1. The first-order valence-electron chi connectivity index (χ1n) is 4.68. The second kappa shape index (κ2) is 4.47. The minimum Gasteiger partial charge on any atom is -0.489 e. The third-order valence-corrected chi connectivity index (χ3v) is 2.79. The Morgan fingerprint density at radius 2 is 2.40 bits per heavy atom. The van der Waals surface area contributed by atoms with E-state index in [1.54, 1.807) is 6.07 Å². The van der Waals surface area contributed by atoms with Gasteiger partial charge in [0, 0.05) is 16.6 Å². The molecule has 1 aliphatic heterocycles. The first kappa shape index (κ1) is 10.9. The molecule has 1 unspecified atom stereocenters. The van der Waals surface area contributed by atoms with E-state index in [9.17, 15) is 9.50 Å². The van der Waals surface area contributed by atoms with Crippen LogP contribution in [0, 0.1) is 5.82 Å². The van der Waals surface area contributed by atoms with Gasteiger partial charge in [0.2, 0.25) is 0 Å². The van der Waals surface area contributed by atoms with Crippen molar-refractivity contribution in [3.63, 3.8) is 0 Å². The summed E-state index contributed by atoms with van der Waals surface area (Å²) in [7, 11) is 0. The topological polar surface area (TPSA) is 41.5 Å². The molecule has 0 fully saturated rings. The van der Waals surface area contributed by atoms with Crippen LogP contribution in [0.3, 0.4) is 0 Å². The molecule has 82 valence electrons. The van der Waals surface area contributed by atoms with Crippen molar-refractivity contribution in [2.45, 2.75) is 6.04 Å². The van der Waals surface area contributed by atoms with Gasteiger partial charge in [0.25, 0.3) is 0 Å². The quantitative estimate of drug-likeness (QED) is 0.818. The van der Waals surface area contributed by atoms with Crippen LogP contribution in [-0.4, -0.2) is 24.9 Å². The van der Waals surface area contributed by atoms with E-state index in [4.69, 9.17) is 4.74 Å². The molecule has 1 heterocycles. The smallest absolute Gasteiger partial charge is 0.166 e. The molecule has 1 aromatic rings. The Balaban J connectivity index is 2.50. The van der Waals surface area contributed by atoms with E-state index >= 15 is 0 Å². The van der Waals surface area contributed by atoms with Crippen molar-refractivity contribution in [3.05, 3.63) is 28.0 Å². The van der Waals surface area contributed by atoms with E-state index < -0.39 is 5.82 Å². The molecule has 0 amide bonds. The molecule has 1 aliphatic rings. The average molecular weight is 276 g/mol. The summed E-state index contributed by atoms with van der Waals surface area (Å²) in [5.41, 5.74) is 0.655. The minimum absolute atomic E-state index is 0.0771. The first-order valence-corrected chi connectivity index (χ1v) is 5.47. The summed E-state index contributed by atoms with van der Waals surface area (Å²) in [6, 6.07) is 2.85. The van der Waals surface area contributed by atoms with Crippen LogP contribution in [0.2, 0.25) is 0 Å². The van der Waals surface area contributed by atoms with Crippen molar-refractivity contribution in [1.82, 2.24) is 5.32 Å². The van der Waals surface area contributed by atoms with Gasteiger partial charge in [-0.3, -0.25) is 0 Å². The van der Waals surface area contributed by atoms with Gasteiger partial charge in [0.15, 0.2) is 11.6 Å². The number of rotatable bonds is 1. The Kier molecular flexibility index (Phi) is 3.23. The fourth-order valence-electron chi connectivity index (χ4n) is 1.65. The standard InChI is InChI=1S/C10H11BrFNO2/c11-6-3-7-9(5-14)13-1-2-15-10(7)8(12)4-6/h3-4,9,13-14H,1-2,5H2. The maximum Gasteiger partial charge on any atom is 0.166 e. The number of fused-ring (bicyclic) bond motifs is 1. The van der Waals surface area contributed by atoms with E-state index in [0.29, 0.717) is 23.2 Å². The highest BCUT2D eigenvalue weighted by Crippen LogP contribution is 2.32. The van der Waals surface area contributed by atoms with Gasteiger partial charge in [0.1, 0.15) is 6.61 Å². The molecule has 0 spiro atoms. The maximum atomic E-state index is 13.6. The van der Waals surface area contributed by atoms with Crippen LogP contribution < -0.4 is 10.1 Å². The highest BCUT2D eigenvalue weighted by molar-refractivity contribution is 9.10. The number of aliphatic hydroxyl groups is 1. The van der Waals surface area contributed by atoms with Crippen molar-refractivity contribution in [3.8, 4) is 5.75 Å². The molecule has 0 saturated heterocycles. The van der Waals surface area contributed by atoms with Gasteiger partial charge in [-0.1, -0.05) is 15.9 Å². The molecule has 0 bridgehead atoms. The fourth-order valence-corrected chi connectivity index (χ4v) is 2.10. The van der Waals surface area contributed by atoms with Crippen molar-refractivity contribution in [1.29, 1.82) is 0 Å². The number of ether oxygens (including phenoxy) is 1. The van der Waals surface area contributed by atoms with Crippen LogP contribution >= 0.6 is 15.9 Å². The number of nitrogens with one attached hydrogen (secondary N) is 1. The molecule has 0 radical (unpaired) electrons. The molecule has 2 rings (SSSR count). The molecule has 5 heteroatoms. The van der Waals surface area contributed by atoms with Crippen LogP contribution in [0.5, 0.6) is 5.75 Å². The van der Waals surface area contributed by atoms with E-state index in [1.165, 1.54) is 6.07 Å². The Morgan fingerprint density at radius 1 is 1.60 bits per heavy atom. The summed E-state index contributed by atoms with van der Waals surface area (Å²) in [5.74, 6) is -0.163. The molecule has 3 nitrogen and oxygen atoms in total. The van der Waals surface area contributed by atoms with Gasteiger partial charge in [-0.15, -0.1) is 0 Å². The van der Waals surface area contributed by atoms with Gasteiger partial charge in [0.05, 0.1) is 12.6 Å². The molecule has 15 heavy (non-hydrogen) atoms. The lowest BCUT2D eigenvalue weighted by Gasteiger charge is -2.15. The Hall–Kier alpha value is -0.650. The van der Waals surface area contributed by atoms with Crippen molar-refractivity contribution in [2.24, 2.45) is 0 Å². The van der Waals surface area contributed by atoms with Crippen molar-refractivity contribution in [2.75, 3.05) is 19.8 Å². The zero-order chi connectivity index (χ0) is 10.8. The average Bonchev–Trinajstić information content (AvgIpc) is 2.39. The summed E-state index contributed by atoms with van der Waals surface area (Å²) in [6.45, 7) is 0.922. The largest absolute Gasteiger partial charge is 0.489 e. The second-order valence-electron chi connectivity index (χ2n) is 3.34. The molecule has 0 aromatic heterocycles.